The molecule has 0 aliphatic heterocycles. The van der Waals surface area contributed by atoms with Gasteiger partial charge in [-0.2, -0.15) is 0 Å². The van der Waals surface area contributed by atoms with Gasteiger partial charge in [-0.1, -0.05) is 19.8 Å². The van der Waals surface area contributed by atoms with Gasteiger partial charge in [0.05, 0.1) is 0 Å². The maximum absolute atomic E-state index is 12.0. The van der Waals surface area contributed by atoms with Crippen molar-refractivity contribution in [2.24, 2.45) is 5.92 Å². The van der Waals surface area contributed by atoms with Gasteiger partial charge in [0, 0.05) is 13.1 Å². The number of hydrogen-bond acceptors (Lipinski definition) is 2. The van der Waals surface area contributed by atoms with Crippen LogP contribution in [0.4, 0.5) is 4.79 Å². The van der Waals surface area contributed by atoms with Crippen molar-refractivity contribution in [3.8, 4) is 0 Å². The fraction of sp³-hybridized carbons (Fsp3) is 0.846. The number of urea groups is 1. The van der Waals surface area contributed by atoms with Crippen LogP contribution in [0.15, 0.2) is 0 Å². The minimum atomic E-state index is -0.954. The van der Waals surface area contributed by atoms with E-state index < -0.39 is 12.0 Å². The number of rotatable bonds is 7. The lowest BCUT2D eigenvalue weighted by molar-refractivity contribution is -0.139. The van der Waals surface area contributed by atoms with Gasteiger partial charge in [0.25, 0.3) is 0 Å². The first-order valence-electron chi connectivity index (χ1n) is 6.86. The summed E-state index contributed by atoms with van der Waals surface area (Å²) >= 11 is 0. The molecule has 2 amide bonds. The molecular weight excluding hydrogens is 232 g/mol. The molecule has 1 rings (SSSR count). The average molecular weight is 256 g/mol. The molecule has 0 aromatic rings. The lowest BCUT2D eigenvalue weighted by atomic mass is 9.85. The predicted molar refractivity (Wildman–Crippen MR) is 69.5 cm³/mol. The molecule has 18 heavy (non-hydrogen) atoms. The minimum absolute atomic E-state index is 0.245. The number of carboxylic acids is 1. The Morgan fingerprint density at radius 2 is 2.06 bits per heavy atom. The van der Waals surface area contributed by atoms with E-state index >= 15 is 0 Å². The maximum Gasteiger partial charge on any atom is 0.326 e. The zero-order valence-electron chi connectivity index (χ0n) is 11.3. The molecule has 1 fully saturated rings. The Morgan fingerprint density at radius 3 is 2.44 bits per heavy atom. The molecule has 2 N–H and O–H groups in total. The van der Waals surface area contributed by atoms with Crippen LogP contribution in [0.5, 0.6) is 0 Å². The lowest BCUT2D eigenvalue weighted by Crippen LogP contribution is -2.49. The van der Waals surface area contributed by atoms with Crippen molar-refractivity contribution in [1.29, 1.82) is 0 Å². The van der Waals surface area contributed by atoms with Crippen LogP contribution >= 0.6 is 0 Å². The highest BCUT2D eigenvalue weighted by molar-refractivity contribution is 5.82. The number of carbonyl (C=O) groups excluding carboxylic acids is 1. The highest BCUT2D eigenvalue weighted by Gasteiger charge is 2.25. The summed E-state index contributed by atoms with van der Waals surface area (Å²) in [6.45, 7) is 5.21. The fourth-order valence-electron chi connectivity index (χ4n) is 2.13. The largest absolute Gasteiger partial charge is 0.480 e. The van der Waals surface area contributed by atoms with E-state index in [1.165, 1.54) is 19.3 Å². The molecule has 104 valence electrons. The molecule has 1 unspecified atom stereocenters. The Balaban J connectivity index is 2.45. The zero-order valence-corrected chi connectivity index (χ0v) is 11.3. The molecule has 0 aromatic carbocycles. The molecule has 1 atom stereocenters. The third kappa shape index (κ3) is 4.20. The summed E-state index contributed by atoms with van der Waals surface area (Å²) in [6, 6.07) is -1.01. The van der Waals surface area contributed by atoms with Gasteiger partial charge in [-0.05, 0) is 32.1 Å². The molecule has 5 nitrogen and oxygen atoms in total. The van der Waals surface area contributed by atoms with E-state index in [1.807, 2.05) is 13.8 Å². The monoisotopic (exact) mass is 256 g/mol. The summed E-state index contributed by atoms with van der Waals surface area (Å²) in [5.41, 5.74) is 0. The van der Waals surface area contributed by atoms with Crippen molar-refractivity contribution in [2.45, 2.75) is 52.0 Å². The lowest BCUT2D eigenvalue weighted by Gasteiger charge is -2.32. The summed E-state index contributed by atoms with van der Waals surface area (Å²) in [7, 11) is 0. The van der Waals surface area contributed by atoms with Gasteiger partial charge in [-0.25, -0.2) is 9.59 Å². The van der Waals surface area contributed by atoms with Crippen molar-refractivity contribution in [3.05, 3.63) is 0 Å². The van der Waals surface area contributed by atoms with Crippen molar-refractivity contribution >= 4 is 12.0 Å². The number of hydrogen-bond donors (Lipinski definition) is 2. The molecule has 0 heterocycles. The van der Waals surface area contributed by atoms with Crippen LogP contribution in [0.2, 0.25) is 0 Å². The van der Waals surface area contributed by atoms with E-state index in [0.29, 0.717) is 18.9 Å². The molecular formula is C13H24N2O3. The number of carbonyl (C=O) groups is 2. The molecule has 0 aromatic heterocycles. The number of aliphatic carboxylic acids is 1. The molecule has 1 saturated carbocycles. The SMILES string of the molecule is CCCC(NC(=O)N(CC)CC1CCC1)C(=O)O. The number of nitrogens with zero attached hydrogens (tertiary/aromatic N) is 1. The number of nitrogens with one attached hydrogen (secondary N) is 1. The Kier molecular flexibility index (Phi) is 5.95. The van der Waals surface area contributed by atoms with Crippen LogP contribution in [-0.2, 0) is 4.79 Å². The topological polar surface area (TPSA) is 69.6 Å². The molecule has 0 bridgehead atoms. The van der Waals surface area contributed by atoms with Crippen molar-refractivity contribution in [1.82, 2.24) is 10.2 Å². The zero-order chi connectivity index (χ0) is 13.5. The van der Waals surface area contributed by atoms with Crippen LogP contribution in [0.25, 0.3) is 0 Å². The Bertz CT molecular complexity index is 290. The van der Waals surface area contributed by atoms with E-state index in [0.717, 1.165) is 13.0 Å². The second-order valence-corrected chi connectivity index (χ2v) is 4.96. The highest BCUT2D eigenvalue weighted by atomic mass is 16.4. The summed E-state index contributed by atoms with van der Waals surface area (Å²) in [6.07, 6.45) is 4.83. The summed E-state index contributed by atoms with van der Waals surface area (Å²) in [4.78, 5) is 24.7. The average Bonchev–Trinajstić information content (AvgIpc) is 2.26. The Labute approximate surface area is 109 Å². The summed E-state index contributed by atoms with van der Waals surface area (Å²) < 4.78 is 0. The first-order valence-corrected chi connectivity index (χ1v) is 6.86. The van der Waals surface area contributed by atoms with Crippen LogP contribution in [-0.4, -0.2) is 41.1 Å². The molecule has 5 heteroatoms. The first kappa shape index (κ1) is 14.8. The second-order valence-electron chi connectivity index (χ2n) is 4.96. The van der Waals surface area contributed by atoms with Gasteiger partial charge >= 0.3 is 12.0 Å². The van der Waals surface area contributed by atoms with Crippen LogP contribution in [0, 0.1) is 5.92 Å². The van der Waals surface area contributed by atoms with Gasteiger partial charge in [0.2, 0.25) is 0 Å². The summed E-state index contributed by atoms with van der Waals surface area (Å²) in [5.74, 6) is -0.352. The second kappa shape index (κ2) is 7.24. The standard InChI is InChI=1S/C13H24N2O3/c1-3-6-11(12(16)17)14-13(18)15(4-2)9-10-7-5-8-10/h10-11H,3-9H2,1-2H3,(H,14,18)(H,16,17). The van der Waals surface area contributed by atoms with E-state index in [9.17, 15) is 9.59 Å². The van der Waals surface area contributed by atoms with Crippen molar-refractivity contribution in [2.75, 3.05) is 13.1 Å². The Hall–Kier alpha value is -1.26. The van der Waals surface area contributed by atoms with E-state index in [2.05, 4.69) is 5.32 Å². The Morgan fingerprint density at radius 1 is 1.39 bits per heavy atom. The van der Waals surface area contributed by atoms with Gasteiger partial charge < -0.3 is 15.3 Å². The normalized spacial score (nSPS) is 16.8. The van der Waals surface area contributed by atoms with E-state index in [4.69, 9.17) is 5.11 Å². The first-order chi connectivity index (χ1) is 8.58. The van der Waals surface area contributed by atoms with Gasteiger partial charge in [-0.15, -0.1) is 0 Å². The highest BCUT2D eigenvalue weighted by Crippen LogP contribution is 2.27. The fourth-order valence-corrected chi connectivity index (χ4v) is 2.13. The molecule has 1 aliphatic carbocycles. The quantitative estimate of drug-likeness (QED) is 0.732. The van der Waals surface area contributed by atoms with Gasteiger partial charge in [-0.3, -0.25) is 0 Å². The molecule has 0 saturated heterocycles. The molecule has 1 aliphatic rings. The van der Waals surface area contributed by atoms with Crippen molar-refractivity contribution < 1.29 is 14.7 Å². The number of carboxylic acid groups (broad SMARTS) is 1. The van der Waals surface area contributed by atoms with Crippen LogP contribution < -0.4 is 5.32 Å². The predicted octanol–water partition coefficient (Wildman–Crippen LogP) is 2.07. The van der Waals surface area contributed by atoms with Crippen molar-refractivity contribution in [3.63, 3.8) is 0 Å². The maximum atomic E-state index is 12.0. The number of amides is 2. The molecule has 0 radical (unpaired) electrons. The smallest absolute Gasteiger partial charge is 0.326 e. The third-order valence-corrected chi connectivity index (χ3v) is 3.55. The van der Waals surface area contributed by atoms with E-state index in [-0.39, 0.29) is 6.03 Å². The van der Waals surface area contributed by atoms with Crippen LogP contribution in [0.3, 0.4) is 0 Å². The summed E-state index contributed by atoms with van der Waals surface area (Å²) in [5, 5.41) is 11.6. The minimum Gasteiger partial charge on any atom is -0.480 e. The van der Waals surface area contributed by atoms with Gasteiger partial charge in [0.15, 0.2) is 0 Å². The molecule has 0 spiro atoms. The van der Waals surface area contributed by atoms with Gasteiger partial charge in [0.1, 0.15) is 6.04 Å². The van der Waals surface area contributed by atoms with Crippen LogP contribution in [0.1, 0.15) is 46.0 Å². The van der Waals surface area contributed by atoms with E-state index in [1.54, 1.807) is 4.90 Å². The third-order valence-electron chi connectivity index (χ3n) is 3.55.